The van der Waals surface area contributed by atoms with Gasteiger partial charge >= 0.3 is 0 Å². The van der Waals surface area contributed by atoms with E-state index >= 15 is 0 Å². The van der Waals surface area contributed by atoms with Gasteiger partial charge in [0.05, 0.1) is 17.1 Å². The smallest absolute Gasteiger partial charge is 0.153 e. The molecule has 2 aliphatic rings. The summed E-state index contributed by atoms with van der Waals surface area (Å²) in [5.41, 5.74) is 3.20. The predicted octanol–water partition coefficient (Wildman–Crippen LogP) is 3.06. The molecule has 3 heteroatoms. The van der Waals surface area contributed by atoms with Gasteiger partial charge < -0.3 is 4.90 Å². The lowest BCUT2D eigenvalue weighted by Crippen LogP contribution is -2.24. The van der Waals surface area contributed by atoms with Gasteiger partial charge in [0.2, 0.25) is 0 Å². The van der Waals surface area contributed by atoms with E-state index in [1.54, 1.807) is 0 Å². The van der Waals surface area contributed by atoms with Gasteiger partial charge in [-0.1, -0.05) is 29.8 Å². The van der Waals surface area contributed by atoms with E-state index in [0.29, 0.717) is 5.17 Å². The number of allylic oxidation sites excluding steroid dienone is 1. The van der Waals surface area contributed by atoms with E-state index < -0.39 is 0 Å². The van der Waals surface area contributed by atoms with E-state index in [1.807, 2.05) is 18.2 Å². The van der Waals surface area contributed by atoms with Crippen LogP contribution in [0.2, 0.25) is 0 Å². The number of fused-ring (bicyclic) bond motifs is 3. The Kier molecular flexibility index (Phi) is 1.64. The number of para-hydroxylation sites is 2. The van der Waals surface area contributed by atoms with Crippen molar-refractivity contribution in [2.45, 2.75) is 6.42 Å². The Morgan fingerprint density at radius 1 is 1.29 bits per heavy atom. The molecule has 0 fully saturated rings. The van der Waals surface area contributed by atoms with Crippen molar-refractivity contribution < 1.29 is 0 Å². The van der Waals surface area contributed by atoms with Gasteiger partial charge in [-0.15, -0.1) is 0 Å². The molecule has 3 rings (SSSR count). The van der Waals surface area contributed by atoms with E-state index in [9.17, 15) is 0 Å². The summed E-state index contributed by atoms with van der Waals surface area (Å²) in [5.74, 6) is 0. The summed E-state index contributed by atoms with van der Waals surface area (Å²) < 4.78 is 0. The predicted molar refractivity (Wildman–Crippen MR) is 59.4 cm³/mol. The first-order valence-corrected chi connectivity index (χ1v) is 5.05. The van der Waals surface area contributed by atoms with Gasteiger partial charge in [-0.2, -0.15) is 0 Å². The highest BCUT2D eigenvalue weighted by atomic mass is 35.5. The van der Waals surface area contributed by atoms with E-state index in [-0.39, 0.29) is 0 Å². The second kappa shape index (κ2) is 2.85. The number of halogens is 1. The van der Waals surface area contributed by atoms with Crippen molar-refractivity contribution >= 4 is 28.1 Å². The van der Waals surface area contributed by atoms with Crippen molar-refractivity contribution in [2.24, 2.45) is 4.99 Å². The van der Waals surface area contributed by atoms with Crippen LogP contribution in [0.3, 0.4) is 0 Å². The van der Waals surface area contributed by atoms with Crippen LogP contribution >= 0.6 is 11.6 Å². The third-order valence-electron chi connectivity index (χ3n) is 2.58. The molecule has 1 aromatic carbocycles. The molecule has 2 heterocycles. The number of benzene rings is 1. The molecule has 0 amide bonds. The average Bonchev–Trinajstić information content (AvgIpc) is 2.67. The summed E-state index contributed by atoms with van der Waals surface area (Å²) >= 11 is 6.09. The summed E-state index contributed by atoms with van der Waals surface area (Å²) in [4.78, 5) is 6.59. The highest BCUT2D eigenvalue weighted by molar-refractivity contribution is 6.70. The zero-order valence-corrected chi connectivity index (χ0v) is 8.33. The maximum Gasteiger partial charge on any atom is 0.153 e. The number of anilines is 1. The summed E-state index contributed by atoms with van der Waals surface area (Å²) in [5, 5.41) is 0.612. The molecule has 0 saturated carbocycles. The molecular weight excluding hydrogens is 196 g/mol. The number of hydrogen-bond donors (Lipinski definition) is 0. The molecule has 2 aliphatic heterocycles. The van der Waals surface area contributed by atoms with Crippen molar-refractivity contribution in [3.8, 4) is 0 Å². The van der Waals surface area contributed by atoms with Gasteiger partial charge in [-0.3, -0.25) is 0 Å². The van der Waals surface area contributed by atoms with Crippen molar-refractivity contribution in [2.75, 3.05) is 11.4 Å². The molecule has 70 valence electrons. The second-order valence-corrected chi connectivity index (χ2v) is 3.78. The van der Waals surface area contributed by atoms with Crippen LogP contribution in [0.5, 0.6) is 0 Å². The number of rotatable bonds is 0. The molecule has 0 radical (unpaired) electrons. The minimum absolute atomic E-state index is 0.612. The monoisotopic (exact) mass is 204 g/mol. The van der Waals surface area contributed by atoms with Crippen LogP contribution in [0.25, 0.3) is 0 Å². The molecule has 0 N–H and O–H groups in total. The van der Waals surface area contributed by atoms with Crippen LogP contribution in [0, 0.1) is 0 Å². The van der Waals surface area contributed by atoms with Gasteiger partial charge in [0.25, 0.3) is 0 Å². The summed E-state index contributed by atoms with van der Waals surface area (Å²) in [6.07, 6.45) is 3.19. The minimum atomic E-state index is 0.612. The summed E-state index contributed by atoms with van der Waals surface area (Å²) in [6, 6.07) is 8.09. The van der Waals surface area contributed by atoms with Gasteiger partial charge in [-0.25, -0.2) is 4.99 Å². The fourth-order valence-corrected chi connectivity index (χ4v) is 2.23. The lowest BCUT2D eigenvalue weighted by Gasteiger charge is -2.26. The van der Waals surface area contributed by atoms with Gasteiger partial charge in [0.1, 0.15) is 0 Å². The van der Waals surface area contributed by atoms with Crippen LogP contribution in [0.4, 0.5) is 11.4 Å². The quantitative estimate of drug-likeness (QED) is 0.634. The lowest BCUT2D eigenvalue weighted by atomic mass is 10.2. The maximum atomic E-state index is 6.09. The molecule has 0 unspecified atom stereocenters. The number of aliphatic imine (C=N–C) groups is 1. The van der Waals surface area contributed by atoms with E-state index in [0.717, 1.165) is 24.4 Å². The van der Waals surface area contributed by atoms with Crippen LogP contribution in [0.1, 0.15) is 6.42 Å². The fraction of sp³-hybridized carbons (Fsp3) is 0.182. The van der Waals surface area contributed by atoms with E-state index in [2.05, 4.69) is 22.0 Å². The Morgan fingerprint density at radius 2 is 2.14 bits per heavy atom. The molecule has 0 atom stereocenters. The van der Waals surface area contributed by atoms with Crippen LogP contribution in [-0.2, 0) is 0 Å². The lowest BCUT2D eigenvalue weighted by molar-refractivity contribution is 0.982. The summed E-state index contributed by atoms with van der Waals surface area (Å²) in [7, 11) is 0. The molecule has 0 bridgehead atoms. The first-order valence-electron chi connectivity index (χ1n) is 4.67. The first-order chi connectivity index (χ1) is 6.86. The first kappa shape index (κ1) is 8.06. The molecule has 0 spiro atoms. The van der Waals surface area contributed by atoms with E-state index in [4.69, 9.17) is 11.6 Å². The van der Waals surface area contributed by atoms with Gasteiger partial charge in [0, 0.05) is 6.54 Å². The maximum absolute atomic E-state index is 6.09. The Bertz CT molecular complexity index is 448. The molecule has 14 heavy (non-hydrogen) atoms. The summed E-state index contributed by atoms with van der Waals surface area (Å²) in [6.45, 7) is 1.01. The molecule has 0 aromatic heterocycles. The van der Waals surface area contributed by atoms with Gasteiger partial charge in [0.15, 0.2) is 5.17 Å². The average molecular weight is 205 g/mol. The third kappa shape index (κ3) is 1.01. The largest absolute Gasteiger partial charge is 0.337 e. The van der Waals surface area contributed by atoms with Crippen molar-refractivity contribution in [3.63, 3.8) is 0 Å². The number of hydrogen-bond acceptors (Lipinski definition) is 2. The fourth-order valence-electron chi connectivity index (χ4n) is 1.96. The van der Waals surface area contributed by atoms with Gasteiger partial charge in [-0.05, 0) is 18.6 Å². The Labute approximate surface area is 87.5 Å². The molecule has 0 saturated heterocycles. The van der Waals surface area contributed by atoms with Crippen molar-refractivity contribution in [1.29, 1.82) is 0 Å². The standard InChI is InChI=1S/C11H9ClN2/c12-11-10-6-3-7-14(10)9-5-2-1-4-8(9)13-11/h1-2,4-6H,3,7H2. The Hall–Kier alpha value is -1.28. The molecular formula is C11H9ClN2. The topological polar surface area (TPSA) is 15.6 Å². The van der Waals surface area contributed by atoms with Crippen molar-refractivity contribution in [3.05, 3.63) is 36.0 Å². The molecule has 1 aromatic rings. The third-order valence-corrected chi connectivity index (χ3v) is 2.86. The molecule has 0 aliphatic carbocycles. The zero-order valence-electron chi connectivity index (χ0n) is 7.57. The number of nitrogens with zero attached hydrogens (tertiary/aromatic N) is 2. The van der Waals surface area contributed by atoms with Crippen LogP contribution < -0.4 is 4.90 Å². The Morgan fingerprint density at radius 3 is 3.07 bits per heavy atom. The van der Waals surface area contributed by atoms with Crippen molar-refractivity contribution in [1.82, 2.24) is 0 Å². The van der Waals surface area contributed by atoms with Crippen LogP contribution in [0.15, 0.2) is 41.0 Å². The Balaban J connectivity index is 2.23. The van der Waals surface area contributed by atoms with E-state index in [1.165, 1.54) is 5.69 Å². The normalized spacial score (nSPS) is 18.5. The second-order valence-electron chi connectivity index (χ2n) is 3.42. The highest BCUT2D eigenvalue weighted by Crippen LogP contribution is 2.38. The zero-order chi connectivity index (χ0) is 9.54. The van der Waals surface area contributed by atoms with Crippen LogP contribution in [-0.4, -0.2) is 11.7 Å². The molecule has 2 nitrogen and oxygen atoms in total. The minimum Gasteiger partial charge on any atom is -0.337 e. The SMILES string of the molecule is ClC1=Nc2ccccc2N2CCC=C12. The highest BCUT2D eigenvalue weighted by Gasteiger charge is 2.25.